The number of carboxylic acid groups (broad SMARTS) is 1. The van der Waals surface area contributed by atoms with Crippen molar-refractivity contribution < 1.29 is 19.5 Å². The van der Waals surface area contributed by atoms with Crippen LogP contribution in [-0.2, 0) is 22.6 Å². The van der Waals surface area contributed by atoms with Crippen molar-refractivity contribution in [1.29, 1.82) is 0 Å². The number of carbonyl (C=O) groups is 3. The van der Waals surface area contributed by atoms with Gasteiger partial charge >= 0.3 is 6.09 Å². The van der Waals surface area contributed by atoms with Crippen molar-refractivity contribution in [1.82, 2.24) is 31.3 Å². The number of amides is 3. The fraction of sp³-hybridized carbons (Fsp3) is 0.286. The van der Waals surface area contributed by atoms with Crippen LogP contribution in [0.2, 0.25) is 0 Å². The third kappa shape index (κ3) is 3.54. The average Bonchev–Trinajstić information content (AvgIpc) is 3.24. The number of hydrogen-bond donors (Lipinski definition) is 4. The molecule has 0 saturated heterocycles. The van der Waals surface area contributed by atoms with E-state index in [1.807, 2.05) is 17.4 Å². The highest BCUT2D eigenvalue weighted by atomic mass is 16.4. The number of fused-ring (bicyclic) bond motifs is 1. The number of rotatable bonds is 5. The summed E-state index contributed by atoms with van der Waals surface area (Å²) in [5.41, 5.74) is 1.44. The summed E-state index contributed by atoms with van der Waals surface area (Å²) >= 11 is 0. The third-order valence-corrected chi connectivity index (χ3v) is 3.75. The minimum Gasteiger partial charge on any atom is -0.465 e. The molecule has 0 fully saturated rings. The number of para-hydroxylation sites is 1. The Morgan fingerprint density at radius 2 is 2.08 bits per heavy atom. The highest BCUT2D eigenvalue weighted by Crippen LogP contribution is 2.32. The van der Waals surface area contributed by atoms with Crippen molar-refractivity contribution >= 4 is 23.6 Å². The van der Waals surface area contributed by atoms with Gasteiger partial charge in [0.25, 0.3) is 0 Å². The molecule has 130 valence electrons. The fourth-order valence-corrected chi connectivity index (χ4v) is 2.68. The van der Waals surface area contributed by atoms with Gasteiger partial charge in [-0.1, -0.05) is 23.4 Å². The molecule has 0 radical (unpaired) electrons. The van der Waals surface area contributed by atoms with Crippen LogP contribution in [0.15, 0.2) is 24.3 Å². The summed E-state index contributed by atoms with van der Waals surface area (Å²) in [6.45, 7) is -0.351. The zero-order chi connectivity index (χ0) is 17.8. The maximum Gasteiger partial charge on any atom is 0.405 e. The Balaban J connectivity index is 1.75. The number of anilines is 1. The van der Waals surface area contributed by atoms with Gasteiger partial charge < -0.3 is 15.7 Å². The van der Waals surface area contributed by atoms with E-state index in [-0.39, 0.29) is 12.5 Å². The maximum atomic E-state index is 12.5. The standard InChI is InChI=1S/C14H15N7O4/c22-12(7-16-14(24)25)21-9-4-2-1-3-8(9)5-10(21)13(23)15-6-11-17-19-20-18-11/h1-4,10,16H,5-7H2,(H,15,23)(H,24,25)(H,17,18,19,20)/t10-/m0/s1. The summed E-state index contributed by atoms with van der Waals surface area (Å²) in [5, 5.41) is 26.5. The van der Waals surface area contributed by atoms with Crippen LogP contribution in [0, 0.1) is 0 Å². The lowest BCUT2D eigenvalue weighted by molar-refractivity contribution is -0.126. The Morgan fingerprint density at radius 3 is 2.80 bits per heavy atom. The van der Waals surface area contributed by atoms with Crippen LogP contribution in [0.3, 0.4) is 0 Å². The largest absolute Gasteiger partial charge is 0.465 e. The number of tetrazole rings is 1. The Hall–Kier alpha value is -3.50. The molecule has 4 N–H and O–H groups in total. The first-order valence-electron chi connectivity index (χ1n) is 7.43. The van der Waals surface area contributed by atoms with Gasteiger partial charge in [-0.15, -0.1) is 10.2 Å². The van der Waals surface area contributed by atoms with E-state index < -0.39 is 24.6 Å². The summed E-state index contributed by atoms with van der Waals surface area (Å²) in [4.78, 5) is 36.9. The first-order valence-corrected chi connectivity index (χ1v) is 7.43. The molecule has 1 aromatic heterocycles. The van der Waals surface area contributed by atoms with Gasteiger partial charge in [0.1, 0.15) is 12.6 Å². The highest BCUT2D eigenvalue weighted by molar-refractivity contribution is 6.04. The van der Waals surface area contributed by atoms with Gasteiger partial charge in [-0.3, -0.25) is 14.5 Å². The van der Waals surface area contributed by atoms with Crippen molar-refractivity contribution in [2.24, 2.45) is 0 Å². The van der Waals surface area contributed by atoms with E-state index in [0.29, 0.717) is 17.9 Å². The van der Waals surface area contributed by atoms with Gasteiger partial charge in [0.05, 0.1) is 6.54 Å². The monoisotopic (exact) mass is 345 g/mol. The van der Waals surface area contributed by atoms with Crippen LogP contribution in [0.25, 0.3) is 0 Å². The lowest BCUT2D eigenvalue weighted by Gasteiger charge is -2.24. The van der Waals surface area contributed by atoms with Crippen LogP contribution in [0.1, 0.15) is 11.4 Å². The molecule has 25 heavy (non-hydrogen) atoms. The fourth-order valence-electron chi connectivity index (χ4n) is 2.68. The number of carbonyl (C=O) groups excluding carboxylic acids is 2. The normalized spacial score (nSPS) is 15.5. The molecular formula is C14H15N7O4. The van der Waals surface area contributed by atoms with Crippen molar-refractivity contribution in [2.75, 3.05) is 11.4 Å². The van der Waals surface area contributed by atoms with Crippen LogP contribution < -0.4 is 15.5 Å². The summed E-state index contributed by atoms with van der Waals surface area (Å²) in [6, 6.07) is 6.35. The summed E-state index contributed by atoms with van der Waals surface area (Å²) in [6.07, 6.45) is -0.966. The molecule has 3 rings (SSSR count). The molecule has 0 spiro atoms. The molecule has 1 atom stereocenters. The van der Waals surface area contributed by atoms with Gasteiger partial charge in [0.15, 0.2) is 5.82 Å². The summed E-state index contributed by atoms with van der Waals surface area (Å²) in [7, 11) is 0. The number of aromatic amines is 1. The Labute approximate surface area is 141 Å². The number of hydrogen-bond acceptors (Lipinski definition) is 6. The van der Waals surface area contributed by atoms with Crippen LogP contribution in [0.5, 0.6) is 0 Å². The van der Waals surface area contributed by atoms with E-state index in [1.165, 1.54) is 4.90 Å². The first kappa shape index (κ1) is 16.4. The molecule has 0 aliphatic carbocycles. The molecule has 2 heterocycles. The molecule has 11 nitrogen and oxygen atoms in total. The van der Waals surface area contributed by atoms with E-state index in [9.17, 15) is 14.4 Å². The van der Waals surface area contributed by atoms with Crippen molar-refractivity contribution in [3.63, 3.8) is 0 Å². The highest BCUT2D eigenvalue weighted by Gasteiger charge is 2.38. The van der Waals surface area contributed by atoms with Gasteiger partial charge in [-0.25, -0.2) is 4.79 Å². The zero-order valence-corrected chi connectivity index (χ0v) is 13.0. The zero-order valence-electron chi connectivity index (χ0n) is 13.0. The molecule has 0 unspecified atom stereocenters. The number of H-pyrrole nitrogens is 1. The number of nitrogens with one attached hydrogen (secondary N) is 3. The molecule has 1 aliphatic heterocycles. The minimum absolute atomic E-state index is 0.0670. The molecule has 11 heteroatoms. The van der Waals surface area contributed by atoms with E-state index in [4.69, 9.17) is 5.11 Å². The van der Waals surface area contributed by atoms with Crippen LogP contribution in [-0.4, -0.2) is 56.2 Å². The molecule has 0 saturated carbocycles. The molecule has 2 aromatic rings. The first-order chi connectivity index (χ1) is 12.1. The number of aromatic nitrogens is 4. The third-order valence-electron chi connectivity index (χ3n) is 3.75. The predicted octanol–water partition coefficient (Wildman–Crippen LogP) is -0.959. The number of benzene rings is 1. The number of nitrogens with zero attached hydrogens (tertiary/aromatic N) is 4. The second-order valence-corrected chi connectivity index (χ2v) is 5.32. The van der Waals surface area contributed by atoms with Crippen LogP contribution in [0.4, 0.5) is 10.5 Å². The SMILES string of the molecule is O=C(O)NCC(=O)N1c2ccccc2C[C@H]1C(=O)NCc1nn[nH]n1. The lowest BCUT2D eigenvalue weighted by Crippen LogP contribution is -2.50. The molecule has 0 bridgehead atoms. The van der Waals surface area contributed by atoms with Gasteiger partial charge in [0.2, 0.25) is 11.8 Å². The maximum absolute atomic E-state index is 12.5. The summed E-state index contributed by atoms with van der Waals surface area (Å²) in [5.74, 6) is -0.578. The van der Waals surface area contributed by atoms with Crippen LogP contribution >= 0.6 is 0 Å². The summed E-state index contributed by atoms with van der Waals surface area (Å²) < 4.78 is 0. The predicted molar refractivity (Wildman–Crippen MR) is 83.5 cm³/mol. The van der Waals surface area contributed by atoms with Gasteiger partial charge in [-0.05, 0) is 11.6 Å². The lowest BCUT2D eigenvalue weighted by atomic mass is 10.1. The van der Waals surface area contributed by atoms with Gasteiger partial charge in [0, 0.05) is 12.1 Å². The molecule has 3 amide bonds. The second kappa shape index (κ2) is 6.95. The second-order valence-electron chi connectivity index (χ2n) is 5.32. The minimum atomic E-state index is -1.31. The average molecular weight is 345 g/mol. The molecule has 1 aromatic carbocycles. The smallest absolute Gasteiger partial charge is 0.405 e. The van der Waals surface area contributed by atoms with Crippen molar-refractivity contribution in [3.8, 4) is 0 Å². The Morgan fingerprint density at radius 1 is 1.28 bits per heavy atom. The van der Waals surface area contributed by atoms with E-state index >= 15 is 0 Å². The van der Waals surface area contributed by atoms with E-state index in [0.717, 1.165) is 5.56 Å². The molecule has 1 aliphatic rings. The Kier molecular flexibility index (Phi) is 4.55. The van der Waals surface area contributed by atoms with Crippen molar-refractivity contribution in [3.05, 3.63) is 35.7 Å². The molecular weight excluding hydrogens is 330 g/mol. The van der Waals surface area contributed by atoms with Crippen molar-refractivity contribution in [2.45, 2.75) is 19.0 Å². The van der Waals surface area contributed by atoms with Gasteiger partial charge in [-0.2, -0.15) is 5.21 Å². The quantitative estimate of drug-likeness (QED) is 0.544. The van der Waals surface area contributed by atoms with E-state index in [1.54, 1.807) is 12.1 Å². The van der Waals surface area contributed by atoms with E-state index in [2.05, 4.69) is 25.9 Å². The topological polar surface area (TPSA) is 153 Å². The Bertz CT molecular complexity index is 792.